The summed E-state index contributed by atoms with van der Waals surface area (Å²) in [6, 6.07) is 3.51. The minimum absolute atomic E-state index is 0.114. The van der Waals surface area contributed by atoms with Gasteiger partial charge in [-0.1, -0.05) is 44.2 Å². The molecule has 1 aromatic carbocycles. The molecule has 2 aliphatic heterocycles. The molecule has 5 atom stereocenters. The Labute approximate surface area is 232 Å². The molecule has 1 aromatic rings. The first-order valence-electron chi connectivity index (χ1n) is 13.4. The van der Waals surface area contributed by atoms with Gasteiger partial charge in [-0.25, -0.2) is 0 Å². The molecule has 6 N–H and O–H groups in total. The Morgan fingerprint density at radius 1 is 0.875 bits per heavy atom. The summed E-state index contributed by atoms with van der Waals surface area (Å²) >= 11 is 0. The maximum Gasteiger partial charge on any atom is 0.245 e. The number of fused-ring (bicyclic) bond motifs is 1. The Kier molecular flexibility index (Phi) is 10.6. The van der Waals surface area contributed by atoms with Crippen LogP contribution < -0.4 is 26.6 Å². The van der Waals surface area contributed by atoms with Crippen molar-refractivity contribution in [1.82, 2.24) is 31.5 Å². The largest absolute Gasteiger partial charge is 0.394 e. The first kappa shape index (κ1) is 30.5. The number of aliphatic hydroxyl groups excluding tert-OH is 1. The minimum Gasteiger partial charge on any atom is -0.394 e. The second kappa shape index (κ2) is 13.9. The third kappa shape index (κ3) is 7.78. The van der Waals surface area contributed by atoms with Crippen LogP contribution in [0.15, 0.2) is 30.3 Å². The van der Waals surface area contributed by atoms with Gasteiger partial charge in [0.1, 0.15) is 30.2 Å². The molecular weight excluding hydrogens is 520 g/mol. The summed E-state index contributed by atoms with van der Waals surface area (Å²) in [5.41, 5.74) is 0.755. The fraction of sp³-hybridized carbons (Fsp3) is 0.556. The molecule has 6 amide bonds. The predicted molar refractivity (Wildman–Crippen MR) is 143 cm³/mol. The van der Waals surface area contributed by atoms with Crippen molar-refractivity contribution in [3.8, 4) is 0 Å². The average molecular weight is 559 g/mol. The first-order chi connectivity index (χ1) is 19.0. The van der Waals surface area contributed by atoms with Gasteiger partial charge in [-0.15, -0.1) is 0 Å². The summed E-state index contributed by atoms with van der Waals surface area (Å²) in [5, 5.41) is 22.6. The van der Waals surface area contributed by atoms with Gasteiger partial charge in [-0.05, 0) is 31.2 Å². The van der Waals surface area contributed by atoms with Gasteiger partial charge >= 0.3 is 0 Å². The van der Waals surface area contributed by atoms with E-state index in [0.29, 0.717) is 19.4 Å². The van der Waals surface area contributed by atoms with Crippen LogP contribution >= 0.6 is 0 Å². The van der Waals surface area contributed by atoms with E-state index in [9.17, 15) is 33.9 Å². The van der Waals surface area contributed by atoms with Crippen LogP contribution in [0.5, 0.6) is 0 Å². The highest BCUT2D eigenvalue weighted by Crippen LogP contribution is 2.18. The highest BCUT2D eigenvalue weighted by Gasteiger charge is 2.38. The van der Waals surface area contributed by atoms with Crippen molar-refractivity contribution in [1.29, 1.82) is 0 Å². The van der Waals surface area contributed by atoms with Crippen LogP contribution in [0.4, 0.5) is 0 Å². The molecule has 13 heteroatoms. The summed E-state index contributed by atoms with van der Waals surface area (Å²) in [7, 11) is 0. The Balaban J connectivity index is 1.91. The zero-order valence-corrected chi connectivity index (χ0v) is 22.9. The van der Waals surface area contributed by atoms with Gasteiger partial charge in [-0.3, -0.25) is 28.8 Å². The summed E-state index contributed by atoms with van der Waals surface area (Å²) in [6.07, 6.45) is 1.05. The van der Waals surface area contributed by atoms with Crippen molar-refractivity contribution in [2.24, 2.45) is 5.92 Å². The van der Waals surface area contributed by atoms with E-state index >= 15 is 0 Å². The van der Waals surface area contributed by atoms with Crippen LogP contribution in [-0.4, -0.2) is 95.4 Å². The highest BCUT2D eigenvalue weighted by molar-refractivity contribution is 5.97. The van der Waals surface area contributed by atoms with Crippen molar-refractivity contribution in [3.05, 3.63) is 35.9 Å². The fourth-order valence-corrected chi connectivity index (χ4v) is 4.76. The van der Waals surface area contributed by atoms with Crippen molar-refractivity contribution in [2.75, 3.05) is 19.7 Å². The highest BCUT2D eigenvalue weighted by atomic mass is 16.3. The molecule has 0 aliphatic carbocycles. The topological polar surface area (TPSA) is 186 Å². The van der Waals surface area contributed by atoms with Gasteiger partial charge in [-0.2, -0.15) is 0 Å². The molecule has 0 spiro atoms. The van der Waals surface area contributed by atoms with Gasteiger partial charge in [0.2, 0.25) is 35.4 Å². The predicted octanol–water partition coefficient (Wildman–Crippen LogP) is -2.04. The monoisotopic (exact) mass is 558 g/mol. The van der Waals surface area contributed by atoms with E-state index in [1.165, 1.54) is 11.8 Å². The van der Waals surface area contributed by atoms with Crippen LogP contribution in [0.2, 0.25) is 0 Å². The molecule has 0 aromatic heterocycles. The molecule has 13 nitrogen and oxygen atoms in total. The molecule has 2 saturated heterocycles. The number of nitrogens with zero attached hydrogens (tertiary/aromatic N) is 1. The van der Waals surface area contributed by atoms with E-state index in [1.807, 2.05) is 6.07 Å². The van der Waals surface area contributed by atoms with Crippen LogP contribution in [0.25, 0.3) is 0 Å². The molecule has 3 rings (SSSR count). The first-order valence-corrected chi connectivity index (χ1v) is 13.4. The van der Waals surface area contributed by atoms with E-state index in [2.05, 4.69) is 26.6 Å². The molecule has 2 aliphatic rings. The SMILES string of the molecule is CC(C)[C@H]1NC(=O)[C@@H](Cc2ccccc2)NC(=O)CNC(=O)[C@H]2CCCN2C(=O)[C@@H](C)NC(=O)[C@@H](CO)NC1=O. The second-order valence-corrected chi connectivity index (χ2v) is 10.4. The number of carbonyl (C=O) groups excluding carboxylic acids is 6. The van der Waals surface area contributed by atoms with Crippen LogP contribution in [-0.2, 0) is 35.2 Å². The number of hydrogen-bond donors (Lipinski definition) is 6. The smallest absolute Gasteiger partial charge is 0.245 e. The number of aliphatic hydroxyl groups is 1. The summed E-state index contributed by atoms with van der Waals surface area (Å²) in [6.45, 7) is 3.95. The Morgan fingerprint density at radius 2 is 1.55 bits per heavy atom. The third-order valence-electron chi connectivity index (χ3n) is 6.99. The average Bonchev–Trinajstić information content (AvgIpc) is 3.42. The van der Waals surface area contributed by atoms with Crippen LogP contribution in [0.1, 0.15) is 39.2 Å². The fourth-order valence-electron chi connectivity index (χ4n) is 4.76. The molecule has 0 radical (unpaired) electrons. The Morgan fingerprint density at radius 3 is 2.20 bits per heavy atom. The Bertz CT molecular complexity index is 1110. The summed E-state index contributed by atoms with van der Waals surface area (Å²) in [5.74, 6) is -4.20. The van der Waals surface area contributed by atoms with Crippen molar-refractivity contribution < 1.29 is 33.9 Å². The molecular formula is C27H38N6O7. The molecule has 0 saturated carbocycles. The maximum absolute atomic E-state index is 13.4. The third-order valence-corrected chi connectivity index (χ3v) is 6.99. The maximum atomic E-state index is 13.4. The lowest BCUT2D eigenvalue weighted by atomic mass is 10.0. The van der Waals surface area contributed by atoms with Gasteiger partial charge in [0.05, 0.1) is 13.2 Å². The van der Waals surface area contributed by atoms with Gasteiger partial charge in [0.25, 0.3) is 0 Å². The van der Waals surface area contributed by atoms with E-state index in [1.54, 1.807) is 38.1 Å². The zero-order valence-electron chi connectivity index (χ0n) is 22.9. The van der Waals surface area contributed by atoms with Gasteiger partial charge < -0.3 is 36.6 Å². The number of amides is 6. The van der Waals surface area contributed by atoms with E-state index in [4.69, 9.17) is 0 Å². The second-order valence-electron chi connectivity index (χ2n) is 10.4. The zero-order chi connectivity index (χ0) is 29.4. The van der Waals surface area contributed by atoms with E-state index in [-0.39, 0.29) is 6.42 Å². The summed E-state index contributed by atoms with van der Waals surface area (Å²) < 4.78 is 0. The van der Waals surface area contributed by atoms with Crippen LogP contribution in [0.3, 0.4) is 0 Å². The van der Waals surface area contributed by atoms with Gasteiger partial charge in [0.15, 0.2) is 0 Å². The quantitative estimate of drug-likeness (QED) is 0.246. The van der Waals surface area contributed by atoms with Gasteiger partial charge in [0, 0.05) is 13.0 Å². The van der Waals surface area contributed by atoms with Crippen molar-refractivity contribution >= 4 is 35.4 Å². The lowest BCUT2D eigenvalue weighted by molar-refractivity contribution is -0.142. The molecule has 0 unspecified atom stereocenters. The summed E-state index contributed by atoms with van der Waals surface area (Å²) in [4.78, 5) is 79.5. The standard InChI is InChI=1S/C27H38N6O7/c1-15(2)22-26(39)31-19(14-34)24(37)29-16(3)27(40)33-11-7-10-20(33)25(38)28-13-21(35)30-18(23(36)32-22)12-17-8-5-4-6-9-17/h4-6,8-9,15-16,18-20,22,34H,7,10-14H2,1-3H3,(H,28,38)(H,29,37)(H,30,35)(H,31,39)(H,32,36)/t16-,18-,19-,20-,22-/m1/s1. The number of hydrogen-bond acceptors (Lipinski definition) is 7. The lowest BCUT2D eigenvalue weighted by Gasteiger charge is -2.29. The molecule has 2 fully saturated rings. The molecule has 0 bridgehead atoms. The van der Waals surface area contributed by atoms with Crippen molar-refractivity contribution in [3.63, 3.8) is 0 Å². The number of rotatable bonds is 4. The Hall–Kier alpha value is -4.00. The van der Waals surface area contributed by atoms with E-state index in [0.717, 1.165) is 5.56 Å². The van der Waals surface area contributed by atoms with Crippen molar-refractivity contribution in [2.45, 2.75) is 70.2 Å². The van der Waals surface area contributed by atoms with E-state index < -0.39 is 84.7 Å². The minimum atomic E-state index is -1.39. The number of carbonyl (C=O) groups is 6. The molecule has 40 heavy (non-hydrogen) atoms. The molecule has 218 valence electrons. The molecule has 2 heterocycles. The number of nitrogens with one attached hydrogen (secondary N) is 5. The lowest BCUT2D eigenvalue weighted by Crippen LogP contribution is -2.61. The normalized spacial score (nSPS) is 27.5. The van der Waals surface area contributed by atoms with Crippen LogP contribution in [0, 0.1) is 5.92 Å². The number of benzene rings is 1.